The summed E-state index contributed by atoms with van der Waals surface area (Å²) in [5.41, 5.74) is 7.30. The van der Waals surface area contributed by atoms with Crippen molar-refractivity contribution in [3.8, 4) is 0 Å². The van der Waals surface area contributed by atoms with Crippen LogP contribution in [0.25, 0.3) is 0 Å². The summed E-state index contributed by atoms with van der Waals surface area (Å²) in [5, 5.41) is 10.3. The third-order valence-corrected chi connectivity index (χ3v) is 3.75. The molecule has 3 N–H and O–H groups in total. The normalized spacial score (nSPS) is 27.2. The molecule has 0 amide bonds. The van der Waals surface area contributed by atoms with E-state index in [1.54, 1.807) is 0 Å². The highest BCUT2D eigenvalue weighted by atomic mass is 16.5. The largest absolute Gasteiger partial charge is 0.390 e. The van der Waals surface area contributed by atoms with Gasteiger partial charge in [-0.3, -0.25) is 4.90 Å². The van der Waals surface area contributed by atoms with Crippen molar-refractivity contribution >= 4 is 0 Å². The minimum absolute atomic E-state index is 0.219. The summed E-state index contributed by atoms with van der Waals surface area (Å²) >= 11 is 0. The maximum Gasteiger partial charge on any atom is 0.0821 e. The molecule has 20 heavy (non-hydrogen) atoms. The summed E-state index contributed by atoms with van der Waals surface area (Å²) < 4.78 is 5.70. The van der Waals surface area contributed by atoms with Crippen LogP contribution in [0, 0.1) is 0 Å². The number of nitrogens with zero attached hydrogens (tertiary/aromatic N) is 1. The van der Waals surface area contributed by atoms with Crippen LogP contribution < -0.4 is 5.73 Å². The van der Waals surface area contributed by atoms with Crippen LogP contribution >= 0.6 is 0 Å². The van der Waals surface area contributed by atoms with Gasteiger partial charge in [0.05, 0.1) is 18.3 Å². The molecular weight excluding hydrogens is 252 g/mol. The summed E-state index contributed by atoms with van der Waals surface area (Å²) in [7, 11) is 0. The minimum Gasteiger partial charge on any atom is -0.390 e. The Bertz CT molecular complexity index is 389. The monoisotopic (exact) mass is 278 g/mol. The molecule has 1 aromatic rings. The molecule has 1 fully saturated rings. The van der Waals surface area contributed by atoms with Crippen LogP contribution in [0.2, 0.25) is 0 Å². The van der Waals surface area contributed by atoms with E-state index in [9.17, 15) is 5.11 Å². The Morgan fingerprint density at radius 2 is 1.85 bits per heavy atom. The fourth-order valence-electron chi connectivity index (χ4n) is 2.86. The lowest BCUT2D eigenvalue weighted by Crippen LogP contribution is -2.51. The highest BCUT2D eigenvalue weighted by molar-refractivity contribution is 5.16. The molecule has 0 aliphatic carbocycles. The maximum atomic E-state index is 10.3. The molecule has 0 radical (unpaired) electrons. The van der Waals surface area contributed by atoms with Crippen LogP contribution in [-0.2, 0) is 11.2 Å². The summed E-state index contributed by atoms with van der Waals surface area (Å²) in [5.74, 6) is 0. The molecule has 4 atom stereocenters. The zero-order valence-corrected chi connectivity index (χ0v) is 12.4. The molecule has 0 aromatic heterocycles. The predicted molar refractivity (Wildman–Crippen MR) is 80.6 cm³/mol. The number of hydrogen-bond donors (Lipinski definition) is 2. The number of β-amino-alcohol motifs (C(OH)–C–C–N with tert-alkyl or cyclic N) is 1. The first kappa shape index (κ1) is 15.4. The Balaban J connectivity index is 1.83. The quantitative estimate of drug-likeness (QED) is 0.844. The first-order valence-corrected chi connectivity index (χ1v) is 7.40. The van der Waals surface area contributed by atoms with E-state index in [1.165, 1.54) is 5.56 Å². The minimum atomic E-state index is -0.507. The van der Waals surface area contributed by atoms with E-state index in [0.717, 1.165) is 13.1 Å². The SMILES string of the molecule is C[C@@H]1CN(CC(O)C(N)Cc2ccccc2)C[C@H](C)O1. The number of hydrogen-bond acceptors (Lipinski definition) is 4. The molecule has 1 aliphatic rings. The molecule has 1 aromatic carbocycles. The van der Waals surface area contributed by atoms with Crippen LogP contribution in [0.15, 0.2) is 30.3 Å². The topological polar surface area (TPSA) is 58.7 Å². The number of morpholine rings is 1. The molecule has 2 rings (SSSR count). The van der Waals surface area contributed by atoms with Crippen molar-refractivity contribution in [2.24, 2.45) is 5.73 Å². The van der Waals surface area contributed by atoms with Crippen molar-refractivity contribution in [2.45, 2.75) is 44.6 Å². The third-order valence-electron chi connectivity index (χ3n) is 3.75. The number of benzene rings is 1. The zero-order chi connectivity index (χ0) is 14.5. The summed E-state index contributed by atoms with van der Waals surface area (Å²) in [4.78, 5) is 2.24. The second-order valence-electron chi connectivity index (χ2n) is 5.90. The number of rotatable bonds is 5. The molecule has 0 spiro atoms. The highest BCUT2D eigenvalue weighted by Gasteiger charge is 2.25. The molecular formula is C16H26N2O2. The molecule has 4 heteroatoms. The Morgan fingerprint density at radius 3 is 2.45 bits per heavy atom. The number of aliphatic hydroxyl groups excluding tert-OH is 1. The van der Waals surface area contributed by atoms with Crippen LogP contribution in [0.3, 0.4) is 0 Å². The lowest BCUT2D eigenvalue weighted by Gasteiger charge is -2.37. The molecule has 112 valence electrons. The van der Waals surface area contributed by atoms with E-state index in [2.05, 4.69) is 18.7 Å². The Labute approximate surface area is 121 Å². The molecule has 2 unspecified atom stereocenters. The lowest BCUT2D eigenvalue weighted by atomic mass is 10.0. The Hall–Kier alpha value is -0.940. The molecule has 1 heterocycles. The van der Waals surface area contributed by atoms with Crippen molar-refractivity contribution < 1.29 is 9.84 Å². The Kier molecular flexibility index (Phi) is 5.54. The van der Waals surface area contributed by atoms with Crippen molar-refractivity contribution in [1.29, 1.82) is 0 Å². The third kappa shape index (κ3) is 4.56. The predicted octanol–water partition coefficient (Wildman–Crippen LogP) is 1.03. The molecule has 0 saturated carbocycles. The van der Waals surface area contributed by atoms with Gasteiger partial charge in [0.15, 0.2) is 0 Å². The lowest BCUT2D eigenvalue weighted by molar-refractivity contribution is -0.0778. The van der Waals surface area contributed by atoms with Gasteiger partial charge in [-0.15, -0.1) is 0 Å². The van der Waals surface area contributed by atoms with E-state index >= 15 is 0 Å². The van der Waals surface area contributed by atoms with Crippen LogP contribution in [0.5, 0.6) is 0 Å². The Morgan fingerprint density at radius 1 is 1.25 bits per heavy atom. The average molecular weight is 278 g/mol. The van der Waals surface area contributed by atoms with Gasteiger partial charge < -0.3 is 15.6 Å². The molecule has 4 nitrogen and oxygen atoms in total. The summed E-state index contributed by atoms with van der Waals surface area (Å²) in [6.45, 7) is 6.48. The van der Waals surface area contributed by atoms with E-state index in [-0.39, 0.29) is 18.2 Å². The van der Waals surface area contributed by atoms with Gasteiger partial charge in [-0.2, -0.15) is 0 Å². The van der Waals surface area contributed by atoms with Crippen LogP contribution in [-0.4, -0.2) is 54.0 Å². The van der Waals surface area contributed by atoms with Crippen molar-refractivity contribution in [3.05, 3.63) is 35.9 Å². The average Bonchev–Trinajstić information content (AvgIpc) is 2.38. The first-order valence-electron chi connectivity index (χ1n) is 7.40. The molecule has 0 bridgehead atoms. The second kappa shape index (κ2) is 7.18. The second-order valence-corrected chi connectivity index (χ2v) is 5.90. The van der Waals surface area contributed by atoms with E-state index in [0.29, 0.717) is 13.0 Å². The number of ether oxygens (including phenoxy) is 1. The van der Waals surface area contributed by atoms with Gasteiger partial charge in [-0.1, -0.05) is 30.3 Å². The number of aliphatic hydroxyl groups is 1. The van der Waals surface area contributed by atoms with Crippen LogP contribution in [0.4, 0.5) is 0 Å². The number of nitrogens with two attached hydrogens (primary N) is 1. The van der Waals surface area contributed by atoms with Gasteiger partial charge in [-0.05, 0) is 25.8 Å². The van der Waals surface area contributed by atoms with Crippen molar-refractivity contribution in [2.75, 3.05) is 19.6 Å². The van der Waals surface area contributed by atoms with Gasteiger partial charge in [-0.25, -0.2) is 0 Å². The standard InChI is InChI=1S/C16H26N2O2/c1-12-9-18(10-13(2)20-12)11-16(19)15(17)8-14-6-4-3-5-7-14/h3-7,12-13,15-16,19H,8-11,17H2,1-2H3/t12-,13+,15?,16?. The summed E-state index contributed by atoms with van der Waals surface area (Å²) in [6, 6.07) is 9.85. The maximum absolute atomic E-state index is 10.3. The van der Waals surface area contributed by atoms with Gasteiger partial charge in [0.1, 0.15) is 0 Å². The van der Waals surface area contributed by atoms with Crippen molar-refractivity contribution in [1.82, 2.24) is 4.90 Å². The fourth-order valence-corrected chi connectivity index (χ4v) is 2.86. The van der Waals surface area contributed by atoms with E-state index < -0.39 is 6.10 Å². The van der Waals surface area contributed by atoms with Gasteiger partial charge in [0.25, 0.3) is 0 Å². The highest BCUT2D eigenvalue weighted by Crippen LogP contribution is 2.12. The van der Waals surface area contributed by atoms with Gasteiger partial charge in [0, 0.05) is 25.7 Å². The fraction of sp³-hybridized carbons (Fsp3) is 0.625. The zero-order valence-electron chi connectivity index (χ0n) is 12.4. The van der Waals surface area contributed by atoms with Crippen molar-refractivity contribution in [3.63, 3.8) is 0 Å². The molecule has 1 aliphatic heterocycles. The first-order chi connectivity index (χ1) is 9.54. The van der Waals surface area contributed by atoms with Gasteiger partial charge >= 0.3 is 0 Å². The van der Waals surface area contributed by atoms with E-state index in [1.807, 2.05) is 30.3 Å². The van der Waals surface area contributed by atoms with Crippen LogP contribution in [0.1, 0.15) is 19.4 Å². The smallest absolute Gasteiger partial charge is 0.0821 e. The summed E-state index contributed by atoms with van der Waals surface area (Å²) in [6.07, 6.45) is 0.637. The van der Waals surface area contributed by atoms with E-state index in [4.69, 9.17) is 10.5 Å². The molecule has 1 saturated heterocycles. The van der Waals surface area contributed by atoms with Gasteiger partial charge in [0.2, 0.25) is 0 Å².